The van der Waals surface area contributed by atoms with Crippen LogP contribution in [0.5, 0.6) is 0 Å². The maximum Gasteiger partial charge on any atom is 0.0814 e. The van der Waals surface area contributed by atoms with Crippen molar-refractivity contribution in [1.29, 1.82) is 0 Å². The average Bonchev–Trinajstić information content (AvgIpc) is 0. The van der Waals surface area contributed by atoms with Gasteiger partial charge in [-0.2, -0.15) is 0 Å². The van der Waals surface area contributed by atoms with Crippen LogP contribution in [0.15, 0.2) is 0 Å². The van der Waals surface area contributed by atoms with Gasteiger partial charge in [0.05, 0.1) is 8.41 Å². The minimum absolute atomic E-state index is 0. The van der Waals surface area contributed by atoms with E-state index in [-0.39, 0.29) is 57.8 Å². The molecule has 4 heteroatoms. The van der Waals surface area contributed by atoms with Crippen LogP contribution < -0.4 is 0 Å². The molecule has 0 unspecified atom stereocenters. The third-order valence-electron chi connectivity index (χ3n) is 0. The second-order valence-electron chi connectivity index (χ2n) is 0. The van der Waals surface area contributed by atoms with Crippen molar-refractivity contribution in [3.63, 3.8) is 0 Å². The standard InChI is InChI=1S/BH3.Cr.H4Si.W/h1H3;;1H4;. The van der Waals surface area contributed by atoms with E-state index in [1.54, 1.807) is 0 Å². The average molecular weight is 282 g/mol. The third kappa shape index (κ3) is 9.72. The number of hydrogen-bond acceptors (Lipinski definition) is 0. The summed E-state index contributed by atoms with van der Waals surface area (Å²) in [5.74, 6) is 0. The van der Waals surface area contributed by atoms with E-state index in [0.717, 1.165) is 0 Å². The molecule has 0 fully saturated rings. The Bertz CT molecular complexity index is 8.00. The van der Waals surface area contributed by atoms with E-state index in [1.807, 2.05) is 0 Å². The SMILES string of the molecule is B.[Cr].[SiH4].[W]. The van der Waals surface area contributed by atoms with Gasteiger partial charge in [-0.05, 0) is 11.0 Å². The zero-order chi connectivity index (χ0) is 0. The summed E-state index contributed by atoms with van der Waals surface area (Å²) in [6, 6.07) is 0. The molecular formula is H7BCrSiW. The Morgan fingerprint density at radius 1 is 1.00 bits per heavy atom. The maximum atomic E-state index is 0. The molecule has 0 N–H and O–H groups in total. The van der Waals surface area contributed by atoms with Gasteiger partial charge in [-0.15, -0.1) is 0 Å². The second-order valence-corrected chi connectivity index (χ2v) is 0. The van der Waals surface area contributed by atoms with Crippen LogP contribution in [0, 0.1) is 0 Å². The van der Waals surface area contributed by atoms with Crippen LogP contribution in [0.2, 0.25) is 0 Å². The Balaban J connectivity index is 0. The van der Waals surface area contributed by atoms with Crippen molar-refractivity contribution in [2.75, 3.05) is 0 Å². The molecular weight excluding hydrogens is 275 g/mol. The van der Waals surface area contributed by atoms with Gasteiger partial charge in [-0.1, -0.05) is 0 Å². The van der Waals surface area contributed by atoms with Gasteiger partial charge in [-0.3, -0.25) is 0 Å². The summed E-state index contributed by atoms with van der Waals surface area (Å²) in [5.41, 5.74) is 0. The fraction of sp³-hybridized carbons (Fsp3) is 0. The summed E-state index contributed by atoms with van der Waals surface area (Å²) < 4.78 is 0. The maximum absolute atomic E-state index is 0. The van der Waals surface area contributed by atoms with Crippen LogP contribution in [-0.4, -0.2) is 19.4 Å². The minimum Gasteiger partial charge on any atom is -0.0149 e. The molecule has 0 aromatic carbocycles. The molecule has 4 heavy (non-hydrogen) atoms. The molecule has 0 bridgehead atoms. The molecule has 0 rings (SSSR count). The molecule has 0 aromatic rings. The zero-order valence-corrected chi connectivity index (χ0v) is 5.02. The van der Waals surface area contributed by atoms with Gasteiger partial charge in [-0.25, -0.2) is 0 Å². The molecule has 0 atom stereocenters. The van der Waals surface area contributed by atoms with Gasteiger partial charge >= 0.3 is 0 Å². The Labute approximate surface area is 57.7 Å². The van der Waals surface area contributed by atoms with Crippen LogP contribution >= 0.6 is 0 Å². The molecule has 0 aliphatic rings. The summed E-state index contributed by atoms with van der Waals surface area (Å²) in [5, 5.41) is 0. The molecule has 0 aromatic heterocycles. The monoisotopic (exact) mass is 282 g/mol. The van der Waals surface area contributed by atoms with Crippen molar-refractivity contribution in [2.45, 2.75) is 0 Å². The van der Waals surface area contributed by atoms with Crippen LogP contribution in [0.4, 0.5) is 0 Å². The number of rotatable bonds is 0. The summed E-state index contributed by atoms with van der Waals surface area (Å²) in [6.45, 7) is 0. The first kappa shape index (κ1) is 49.4. The molecule has 0 saturated heterocycles. The fourth-order valence-electron chi connectivity index (χ4n) is 0. The van der Waals surface area contributed by atoms with Crippen molar-refractivity contribution in [2.24, 2.45) is 0 Å². The van der Waals surface area contributed by atoms with E-state index in [0.29, 0.717) is 0 Å². The van der Waals surface area contributed by atoms with Crippen molar-refractivity contribution in [3.8, 4) is 0 Å². The Hall–Kier alpha value is 1.50. The molecule has 0 heterocycles. The summed E-state index contributed by atoms with van der Waals surface area (Å²) in [4.78, 5) is 0. The molecule has 0 saturated carbocycles. The third-order valence-corrected chi connectivity index (χ3v) is 0. The molecule has 0 radical (unpaired) electrons. The van der Waals surface area contributed by atoms with E-state index in [1.165, 1.54) is 0 Å². The normalized spacial score (nSPS) is 0. The molecule has 0 aliphatic carbocycles. The van der Waals surface area contributed by atoms with Gasteiger partial charge in [0.2, 0.25) is 0 Å². The van der Waals surface area contributed by atoms with Crippen molar-refractivity contribution in [3.05, 3.63) is 0 Å². The topological polar surface area (TPSA) is 0 Å². The Morgan fingerprint density at radius 3 is 1.00 bits per heavy atom. The fourth-order valence-corrected chi connectivity index (χ4v) is 0. The summed E-state index contributed by atoms with van der Waals surface area (Å²) in [6.07, 6.45) is 0. The van der Waals surface area contributed by atoms with E-state index in [2.05, 4.69) is 0 Å². The van der Waals surface area contributed by atoms with E-state index in [9.17, 15) is 0 Å². The van der Waals surface area contributed by atoms with Crippen LogP contribution in [0.3, 0.4) is 0 Å². The Kier molecular flexibility index (Phi) is 302. The van der Waals surface area contributed by atoms with Gasteiger partial charge in [0.25, 0.3) is 0 Å². The van der Waals surface area contributed by atoms with Crippen molar-refractivity contribution < 1.29 is 38.4 Å². The zero-order valence-electron chi connectivity index (χ0n) is 0.816. The van der Waals surface area contributed by atoms with Gasteiger partial charge < -0.3 is 0 Å². The van der Waals surface area contributed by atoms with E-state index < -0.39 is 0 Å². The molecule has 0 amide bonds. The summed E-state index contributed by atoms with van der Waals surface area (Å²) in [7, 11) is 0. The largest absolute Gasteiger partial charge is 0.0814 e. The first-order valence-corrected chi connectivity index (χ1v) is 0. The van der Waals surface area contributed by atoms with E-state index >= 15 is 0 Å². The minimum atomic E-state index is 0. The first-order chi connectivity index (χ1) is 0. The molecule has 0 aliphatic heterocycles. The van der Waals surface area contributed by atoms with Crippen molar-refractivity contribution >= 4 is 19.4 Å². The predicted molar refractivity (Wildman–Crippen MR) is 21.3 cm³/mol. The van der Waals surface area contributed by atoms with Gasteiger partial charge in [0.15, 0.2) is 0 Å². The van der Waals surface area contributed by atoms with Crippen LogP contribution in [0.25, 0.3) is 0 Å². The second kappa shape index (κ2) is 24.5. The van der Waals surface area contributed by atoms with Gasteiger partial charge in [0.1, 0.15) is 0 Å². The smallest absolute Gasteiger partial charge is 0.0149 e. The quantitative estimate of drug-likeness (QED) is 0.426. The molecule has 26 valence electrons. The number of hydrogen-bond donors (Lipinski definition) is 0. The summed E-state index contributed by atoms with van der Waals surface area (Å²) >= 11 is 0. The first-order valence-electron chi connectivity index (χ1n) is 0. The predicted octanol–water partition coefficient (Wildman–Crippen LogP) is -2.64. The van der Waals surface area contributed by atoms with Crippen LogP contribution in [-0.2, 0) is 38.4 Å². The van der Waals surface area contributed by atoms with Gasteiger partial charge in [0, 0.05) is 38.4 Å². The van der Waals surface area contributed by atoms with E-state index in [4.69, 9.17) is 0 Å². The Morgan fingerprint density at radius 2 is 1.00 bits per heavy atom. The van der Waals surface area contributed by atoms with Crippen molar-refractivity contribution in [1.82, 2.24) is 0 Å². The molecule has 0 spiro atoms. The van der Waals surface area contributed by atoms with Crippen LogP contribution in [0.1, 0.15) is 0 Å². The molecule has 0 nitrogen and oxygen atoms in total.